The van der Waals surface area contributed by atoms with Gasteiger partial charge in [-0.3, -0.25) is 0 Å². The monoisotopic (exact) mass is 358 g/mol. The highest BCUT2D eigenvalue weighted by atomic mass is 79.9. The van der Waals surface area contributed by atoms with Gasteiger partial charge in [0.1, 0.15) is 0 Å². The molecular weight excluding hydrogens is 340 g/mol. The number of ether oxygens (including phenoxy) is 2. The van der Waals surface area contributed by atoms with Crippen LogP contribution in [-0.2, 0) is 9.47 Å². The summed E-state index contributed by atoms with van der Waals surface area (Å²) in [4.78, 5) is 0. The first-order chi connectivity index (χ1) is 10.8. The van der Waals surface area contributed by atoms with E-state index >= 15 is 0 Å². The van der Waals surface area contributed by atoms with Crippen LogP contribution in [0.15, 0.2) is 59.1 Å². The van der Waals surface area contributed by atoms with E-state index in [1.165, 1.54) is 11.1 Å². The molecule has 0 spiro atoms. The first kappa shape index (κ1) is 14.4. The molecule has 0 amide bonds. The zero-order valence-electron chi connectivity index (χ0n) is 12.3. The predicted molar refractivity (Wildman–Crippen MR) is 89.6 cm³/mol. The Bertz CT molecular complexity index is 643. The summed E-state index contributed by atoms with van der Waals surface area (Å²) >= 11 is 3.68. The largest absolute Gasteiger partial charge is 0.373 e. The summed E-state index contributed by atoms with van der Waals surface area (Å²) in [5.41, 5.74) is 2.50. The summed E-state index contributed by atoms with van der Waals surface area (Å²) in [5, 5.41) is 0. The molecule has 4 rings (SSSR count). The van der Waals surface area contributed by atoms with Gasteiger partial charge in [0.25, 0.3) is 0 Å². The highest BCUT2D eigenvalue weighted by Crippen LogP contribution is 2.51. The Hall–Kier alpha value is -1.16. The average Bonchev–Trinajstić information content (AvgIpc) is 3.00. The molecule has 0 radical (unpaired) electrons. The number of fused-ring (bicyclic) bond motifs is 1. The quantitative estimate of drug-likeness (QED) is 0.758. The fourth-order valence-electron chi connectivity index (χ4n) is 3.80. The van der Waals surface area contributed by atoms with Crippen molar-refractivity contribution in [1.82, 2.24) is 0 Å². The molecule has 2 saturated heterocycles. The highest BCUT2D eigenvalue weighted by molar-refractivity contribution is 9.10. The van der Waals surface area contributed by atoms with Crippen LogP contribution in [0.3, 0.4) is 0 Å². The van der Waals surface area contributed by atoms with Crippen molar-refractivity contribution in [1.29, 1.82) is 0 Å². The Morgan fingerprint density at radius 3 is 2.45 bits per heavy atom. The average molecular weight is 359 g/mol. The smallest absolute Gasteiger partial charge is 0.0895 e. The molecule has 0 bridgehead atoms. The summed E-state index contributed by atoms with van der Waals surface area (Å²) < 4.78 is 13.5. The summed E-state index contributed by atoms with van der Waals surface area (Å²) in [6.45, 7) is 1.66. The molecule has 4 atom stereocenters. The van der Waals surface area contributed by atoms with Crippen LogP contribution in [0.4, 0.5) is 0 Å². The van der Waals surface area contributed by atoms with Crippen LogP contribution in [0.5, 0.6) is 0 Å². The number of hydrogen-bond donors (Lipinski definition) is 0. The van der Waals surface area contributed by atoms with Crippen molar-refractivity contribution in [3.05, 3.63) is 70.2 Å². The maximum atomic E-state index is 6.20. The fraction of sp³-hybridized carbons (Fsp3) is 0.368. The molecule has 2 nitrogen and oxygen atoms in total. The zero-order chi connectivity index (χ0) is 14.9. The third-order valence-corrected chi connectivity index (χ3v) is 5.58. The minimum Gasteiger partial charge on any atom is -0.373 e. The molecule has 114 valence electrons. The van der Waals surface area contributed by atoms with Crippen molar-refractivity contribution >= 4 is 15.9 Å². The van der Waals surface area contributed by atoms with Gasteiger partial charge in [0, 0.05) is 17.0 Å². The van der Waals surface area contributed by atoms with Crippen LogP contribution in [0.2, 0.25) is 0 Å². The number of halogens is 1. The molecule has 0 saturated carbocycles. The van der Waals surface area contributed by atoms with E-state index in [0.29, 0.717) is 11.8 Å². The number of hydrogen-bond acceptors (Lipinski definition) is 2. The van der Waals surface area contributed by atoms with E-state index in [4.69, 9.17) is 9.47 Å². The molecule has 0 N–H and O–H groups in total. The molecule has 2 aromatic rings. The molecule has 2 aliphatic rings. The Morgan fingerprint density at radius 1 is 0.864 bits per heavy atom. The second kappa shape index (κ2) is 6.15. The normalized spacial score (nSPS) is 31.0. The lowest BCUT2D eigenvalue weighted by Crippen LogP contribution is -2.31. The van der Waals surface area contributed by atoms with Gasteiger partial charge >= 0.3 is 0 Å². The minimum absolute atomic E-state index is 0.0991. The van der Waals surface area contributed by atoms with Crippen molar-refractivity contribution in [3.63, 3.8) is 0 Å². The molecule has 2 fully saturated rings. The molecule has 2 aliphatic heterocycles. The lowest BCUT2D eigenvalue weighted by molar-refractivity contribution is -0.0609. The summed E-state index contributed by atoms with van der Waals surface area (Å²) in [6, 6.07) is 18.9. The summed E-state index contributed by atoms with van der Waals surface area (Å²) in [5.74, 6) is 0.964. The third kappa shape index (κ3) is 2.51. The van der Waals surface area contributed by atoms with Crippen molar-refractivity contribution in [3.8, 4) is 0 Å². The van der Waals surface area contributed by atoms with Gasteiger partial charge in [0.2, 0.25) is 0 Å². The summed E-state index contributed by atoms with van der Waals surface area (Å²) in [6.07, 6.45) is 1.32. The maximum Gasteiger partial charge on any atom is 0.0895 e. The van der Waals surface area contributed by atoms with E-state index in [1.54, 1.807) is 0 Å². The van der Waals surface area contributed by atoms with E-state index in [2.05, 4.69) is 64.5 Å². The molecule has 22 heavy (non-hydrogen) atoms. The minimum atomic E-state index is 0.0991. The van der Waals surface area contributed by atoms with Gasteiger partial charge in [-0.15, -0.1) is 0 Å². The van der Waals surface area contributed by atoms with Gasteiger partial charge in [-0.25, -0.2) is 0 Å². The van der Waals surface area contributed by atoms with Gasteiger partial charge in [0.15, 0.2) is 0 Å². The van der Waals surface area contributed by atoms with E-state index in [9.17, 15) is 0 Å². The van der Waals surface area contributed by atoms with Gasteiger partial charge in [-0.1, -0.05) is 64.5 Å². The predicted octanol–water partition coefficient (Wildman–Crippen LogP) is 4.91. The number of benzene rings is 2. The van der Waals surface area contributed by atoms with Crippen LogP contribution in [-0.4, -0.2) is 13.2 Å². The van der Waals surface area contributed by atoms with Gasteiger partial charge in [-0.2, -0.15) is 0 Å². The number of rotatable bonds is 2. The second-order valence-corrected chi connectivity index (χ2v) is 6.96. The SMILES string of the molecule is Brc1ccccc1[C@H]1OCC[C@H]2CO[C@@H](c3ccccc3)[C@@H]21. The fourth-order valence-corrected chi connectivity index (χ4v) is 4.31. The molecular formula is C19H19BrO2. The third-order valence-electron chi connectivity index (χ3n) is 4.86. The van der Waals surface area contributed by atoms with E-state index in [0.717, 1.165) is 24.1 Å². The van der Waals surface area contributed by atoms with Crippen LogP contribution in [0.25, 0.3) is 0 Å². The maximum absolute atomic E-state index is 6.20. The molecule has 0 unspecified atom stereocenters. The highest BCUT2D eigenvalue weighted by Gasteiger charge is 2.46. The zero-order valence-corrected chi connectivity index (χ0v) is 13.9. The van der Waals surface area contributed by atoms with Gasteiger partial charge in [-0.05, 0) is 29.5 Å². The lowest BCUT2D eigenvalue weighted by atomic mass is 9.78. The van der Waals surface area contributed by atoms with E-state index in [1.807, 2.05) is 6.07 Å². The molecule has 2 aromatic carbocycles. The molecule has 3 heteroatoms. The van der Waals surface area contributed by atoms with Gasteiger partial charge in [0.05, 0.1) is 18.8 Å². The van der Waals surface area contributed by atoms with Crippen LogP contribution in [0, 0.1) is 11.8 Å². The van der Waals surface area contributed by atoms with E-state index in [-0.39, 0.29) is 12.2 Å². The Kier molecular flexibility index (Phi) is 4.03. The van der Waals surface area contributed by atoms with Crippen molar-refractivity contribution < 1.29 is 9.47 Å². The van der Waals surface area contributed by atoms with Gasteiger partial charge < -0.3 is 9.47 Å². The molecule has 0 aromatic heterocycles. The first-order valence-electron chi connectivity index (χ1n) is 7.87. The lowest BCUT2D eigenvalue weighted by Gasteiger charge is -2.36. The van der Waals surface area contributed by atoms with Crippen LogP contribution < -0.4 is 0 Å². The molecule has 0 aliphatic carbocycles. The van der Waals surface area contributed by atoms with E-state index < -0.39 is 0 Å². The van der Waals surface area contributed by atoms with Crippen LogP contribution >= 0.6 is 15.9 Å². The van der Waals surface area contributed by atoms with Crippen molar-refractivity contribution in [2.75, 3.05) is 13.2 Å². The topological polar surface area (TPSA) is 18.5 Å². The van der Waals surface area contributed by atoms with Crippen molar-refractivity contribution in [2.45, 2.75) is 18.6 Å². The van der Waals surface area contributed by atoms with Crippen LogP contribution in [0.1, 0.15) is 29.8 Å². The summed E-state index contributed by atoms with van der Waals surface area (Å²) in [7, 11) is 0. The van der Waals surface area contributed by atoms with Crippen molar-refractivity contribution in [2.24, 2.45) is 11.8 Å². The first-order valence-corrected chi connectivity index (χ1v) is 8.66. The Morgan fingerprint density at radius 2 is 1.64 bits per heavy atom. The Labute approximate surface area is 139 Å². The Balaban J connectivity index is 1.71. The second-order valence-electron chi connectivity index (χ2n) is 6.10. The molecule has 2 heterocycles. The standard InChI is InChI=1S/C19H19BrO2/c20-16-9-5-4-8-15(16)19-17-14(10-11-21-19)12-22-18(17)13-6-2-1-3-7-13/h1-9,14,17-19H,10-12H2/t14-,17+,18-,19+/m0/s1.